The van der Waals surface area contributed by atoms with Crippen LogP contribution in [0, 0.1) is 0 Å². The topological polar surface area (TPSA) is 145 Å². The van der Waals surface area contributed by atoms with E-state index >= 15 is 0 Å². The molecule has 0 aliphatic carbocycles. The Bertz CT molecular complexity index is 1280. The number of benzene rings is 2. The van der Waals surface area contributed by atoms with Crippen LogP contribution in [0.5, 0.6) is 0 Å². The molecule has 3 N–H and O–H groups in total. The number of carbonyl (C=O) groups excluding carboxylic acids is 1. The van der Waals surface area contributed by atoms with Crippen molar-refractivity contribution in [2.24, 2.45) is 0 Å². The molecule has 0 saturated carbocycles. The van der Waals surface area contributed by atoms with Crippen molar-refractivity contribution >= 4 is 39.9 Å². The van der Waals surface area contributed by atoms with Crippen LogP contribution in [0.3, 0.4) is 0 Å². The van der Waals surface area contributed by atoms with E-state index in [9.17, 15) is 4.79 Å². The molecule has 2 aromatic carbocycles. The minimum atomic E-state index is -1.82. The van der Waals surface area contributed by atoms with E-state index in [0.29, 0.717) is 6.54 Å². The van der Waals surface area contributed by atoms with E-state index in [-0.39, 0.29) is 5.91 Å². The zero-order valence-corrected chi connectivity index (χ0v) is 18.3. The number of rotatable bonds is 4. The van der Waals surface area contributed by atoms with Gasteiger partial charge in [0.2, 0.25) is 5.91 Å². The Morgan fingerprint density at radius 3 is 2.21 bits per heavy atom. The number of carboxylic acids is 2. The van der Waals surface area contributed by atoms with Crippen molar-refractivity contribution in [3.63, 3.8) is 0 Å². The smallest absolute Gasteiger partial charge is 0.414 e. The lowest BCUT2D eigenvalue weighted by atomic mass is 10.3. The molecule has 1 amide bonds. The largest absolute Gasteiger partial charge is 0.473 e. The number of carboxylic acid groups (broad SMARTS) is 2. The highest BCUT2D eigenvalue weighted by Crippen LogP contribution is 2.15. The molecular weight excluding hydrogens is 440 g/mol. The standard InChI is InChI=1S/C21H22N6O.C2H2O4/c28-21(14-27-15-22-18-7-3-4-8-19(18)27)26-11-9-25(10-12-26)13-20-23-16-5-1-2-6-17(16)24-20;3-1(4)2(5)6/h1-8,15H,9-14H2,(H,23,24);(H,3,4)(H,5,6). The van der Waals surface area contributed by atoms with Crippen molar-refractivity contribution < 1.29 is 24.6 Å². The Balaban J connectivity index is 0.000000408. The summed E-state index contributed by atoms with van der Waals surface area (Å²) in [4.78, 5) is 47.6. The van der Waals surface area contributed by atoms with Gasteiger partial charge in [0.15, 0.2) is 0 Å². The number of nitrogens with zero attached hydrogens (tertiary/aromatic N) is 5. The van der Waals surface area contributed by atoms with E-state index in [1.165, 1.54) is 0 Å². The Kier molecular flexibility index (Phi) is 6.83. The highest BCUT2D eigenvalue weighted by molar-refractivity contribution is 6.27. The number of para-hydroxylation sites is 4. The summed E-state index contributed by atoms with van der Waals surface area (Å²) in [5, 5.41) is 14.8. The molecule has 0 atom stereocenters. The lowest BCUT2D eigenvalue weighted by Gasteiger charge is -2.34. The summed E-state index contributed by atoms with van der Waals surface area (Å²) in [5.74, 6) is -2.53. The molecule has 4 aromatic rings. The average molecular weight is 464 g/mol. The van der Waals surface area contributed by atoms with Gasteiger partial charge in [-0.3, -0.25) is 9.69 Å². The van der Waals surface area contributed by atoms with Gasteiger partial charge in [0.05, 0.1) is 34.9 Å². The summed E-state index contributed by atoms with van der Waals surface area (Å²) >= 11 is 0. The van der Waals surface area contributed by atoms with Gasteiger partial charge >= 0.3 is 11.9 Å². The predicted octanol–water partition coefficient (Wildman–Crippen LogP) is 1.41. The van der Waals surface area contributed by atoms with Crippen LogP contribution < -0.4 is 0 Å². The van der Waals surface area contributed by atoms with Gasteiger partial charge in [-0.2, -0.15) is 0 Å². The SMILES string of the molecule is O=C(Cn1cnc2ccccc21)N1CCN(Cc2nc3ccccc3[nH]2)CC1.O=C(O)C(=O)O. The maximum absolute atomic E-state index is 12.7. The number of nitrogens with one attached hydrogen (secondary N) is 1. The van der Waals surface area contributed by atoms with Crippen LogP contribution in [0.2, 0.25) is 0 Å². The Morgan fingerprint density at radius 2 is 1.53 bits per heavy atom. The number of H-pyrrole nitrogens is 1. The maximum atomic E-state index is 12.7. The highest BCUT2D eigenvalue weighted by Gasteiger charge is 2.22. The zero-order chi connectivity index (χ0) is 24.1. The summed E-state index contributed by atoms with van der Waals surface area (Å²) in [6, 6.07) is 16.0. The molecule has 1 saturated heterocycles. The fourth-order valence-electron chi connectivity index (χ4n) is 3.83. The number of piperazine rings is 1. The maximum Gasteiger partial charge on any atom is 0.414 e. The van der Waals surface area contributed by atoms with Crippen LogP contribution in [0.25, 0.3) is 22.1 Å². The minimum absolute atomic E-state index is 0.145. The van der Waals surface area contributed by atoms with Gasteiger partial charge in [-0.05, 0) is 24.3 Å². The number of aromatic nitrogens is 4. The second kappa shape index (κ2) is 10.1. The third-order valence-electron chi connectivity index (χ3n) is 5.55. The van der Waals surface area contributed by atoms with Gasteiger partial charge in [-0.15, -0.1) is 0 Å². The molecule has 0 bridgehead atoms. The van der Waals surface area contributed by atoms with Crippen molar-refractivity contribution in [2.45, 2.75) is 13.1 Å². The third-order valence-corrected chi connectivity index (χ3v) is 5.55. The van der Waals surface area contributed by atoms with E-state index in [4.69, 9.17) is 19.8 Å². The van der Waals surface area contributed by atoms with E-state index in [1.807, 2.05) is 58.0 Å². The van der Waals surface area contributed by atoms with Gasteiger partial charge in [-0.1, -0.05) is 24.3 Å². The first-order chi connectivity index (χ1) is 16.4. The summed E-state index contributed by atoms with van der Waals surface area (Å²) in [5.41, 5.74) is 3.99. The Labute approximate surface area is 194 Å². The molecule has 176 valence electrons. The molecular formula is C23H24N6O5. The third kappa shape index (κ3) is 5.38. The molecule has 1 aliphatic rings. The number of aromatic amines is 1. The molecule has 5 rings (SSSR count). The first-order valence-corrected chi connectivity index (χ1v) is 10.7. The Morgan fingerprint density at radius 1 is 0.882 bits per heavy atom. The molecule has 2 aromatic heterocycles. The summed E-state index contributed by atoms with van der Waals surface area (Å²) in [6.07, 6.45) is 1.75. The summed E-state index contributed by atoms with van der Waals surface area (Å²) in [6.45, 7) is 4.31. The monoisotopic (exact) mass is 464 g/mol. The highest BCUT2D eigenvalue weighted by atomic mass is 16.4. The average Bonchev–Trinajstić information content (AvgIpc) is 3.43. The number of aliphatic carboxylic acids is 2. The van der Waals surface area contributed by atoms with E-state index in [1.54, 1.807) is 6.33 Å². The van der Waals surface area contributed by atoms with Crippen LogP contribution >= 0.6 is 0 Å². The van der Waals surface area contributed by atoms with E-state index in [0.717, 1.165) is 60.6 Å². The second-order valence-electron chi connectivity index (χ2n) is 7.83. The Hall–Kier alpha value is -4.25. The van der Waals surface area contributed by atoms with Gasteiger partial charge < -0.3 is 24.7 Å². The minimum Gasteiger partial charge on any atom is -0.473 e. The van der Waals surface area contributed by atoms with Gasteiger partial charge in [0.1, 0.15) is 12.4 Å². The summed E-state index contributed by atoms with van der Waals surface area (Å²) < 4.78 is 1.93. The van der Waals surface area contributed by atoms with E-state index < -0.39 is 11.9 Å². The quantitative estimate of drug-likeness (QED) is 0.385. The van der Waals surface area contributed by atoms with Crippen LogP contribution in [-0.4, -0.2) is 83.6 Å². The van der Waals surface area contributed by atoms with Crippen molar-refractivity contribution in [3.8, 4) is 0 Å². The molecule has 0 unspecified atom stereocenters. The second-order valence-corrected chi connectivity index (χ2v) is 7.83. The molecule has 0 spiro atoms. The van der Waals surface area contributed by atoms with Gasteiger partial charge in [0, 0.05) is 26.2 Å². The predicted molar refractivity (Wildman–Crippen MR) is 123 cm³/mol. The van der Waals surface area contributed by atoms with Crippen molar-refractivity contribution in [2.75, 3.05) is 26.2 Å². The molecule has 3 heterocycles. The number of amides is 1. The van der Waals surface area contributed by atoms with Gasteiger partial charge in [0.25, 0.3) is 0 Å². The molecule has 1 fully saturated rings. The number of carbonyl (C=O) groups is 3. The normalized spacial score (nSPS) is 14.1. The number of imidazole rings is 2. The molecule has 34 heavy (non-hydrogen) atoms. The van der Waals surface area contributed by atoms with Crippen molar-refractivity contribution in [3.05, 3.63) is 60.7 Å². The van der Waals surface area contributed by atoms with E-state index in [2.05, 4.69) is 19.9 Å². The van der Waals surface area contributed by atoms with Crippen LogP contribution in [0.4, 0.5) is 0 Å². The van der Waals surface area contributed by atoms with Crippen LogP contribution in [-0.2, 0) is 27.5 Å². The lowest BCUT2D eigenvalue weighted by Crippen LogP contribution is -2.49. The lowest BCUT2D eigenvalue weighted by molar-refractivity contribution is -0.159. The fraction of sp³-hybridized carbons (Fsp3) is 0.261. The number of fused-ring (bicyclic) bond motifs is 2. The van der Waals surface area contributed by atoms with Crippen LogP contribution in [0.15, 0.2) is 54.9 Å². The molecule has 0 radical (unpaired) electrons. The van der Waals surface area contributed by atoms with Crippen molar-refractivity contribution in [1.29, 1.82) is 0 Å². The fourth-order valence-corrected chi connectivity index (χ4v) is 3.83. The molecule has 11 nitrogen and oxygen atoms in total. The zero-order valence-electron chi connectivity index (χ0n) is 18.3. The first-order valence-electron chi connectivity index (χ1n) is 10.7. The molecule has 11 heteroatoms. The first kappa shape index (κ1) is 22.9. The van der Waals surface area contributed by atoms with Gasteiger partial charge in [-0.25, -0.2) is 19.6 Å². The number of hydrogen-bond donors (Lipinski definition) is 3. The number of hydrogen-bond acceptors (Lipinski definition) is 6. The van der Waals surface area contributed by atoms with Crippen molar-refractivity contribution in [1.82, 2.24) is 29.3 Å². The summed E-state index contributed by atoms with van der Waals surface area (Å²) in [7, 11) is 0. The molecule has 1 aliphatic heterocycles. The van der Waals surface area contributed by atoms with Crippen LogP contribution in [0.1, 0.15) is 5.82 Å².